The Morgan fingerprint density at radius 3 is 1.22 bits per heavy atom. The molecule has 4 heteroatoms. The Morgan fingerprint density at radius 2 is 0.826 bits per heavy atom. The van der Waals surface area contributed by atoms with E-state index in [2.05, 4.69) is 43.5 Å². The normalized spacial score (nSPS) is 12.4. The summed E-state index contributed by atoms with van der Waals surface area (Å²) in [6, 6.07) is 0. The number of nitrogens with one attached hydrogen (secondary N) is 1. The van der Waals surface area contributed by atoms with Crippen LogP contribution in [0.25, 0.3) is 0 Å². The van der Waals surface area contributed by atoms with Gasteiger partial charge >= 0.3 is 0 Å². The average molecular weight is 645 g/mol. The summed E-state index contributed by atoms with van der Waals surface area (Å²) in [5, 5.41) is 3.02. The number of hydrogen-bond donors (Lipinski definition) is 2. The van der Waals surface area contributed by atoms with E-state index in [0.29, 0.717) is 19.4 Å². The summed E-state index contributed by atoms with van der Waals surface area (Å²) in [7, 11) is 0. The topological polar surface area (TPSA) is 72.2 Å². The monoisotopic (exact) mass is 645 g/mol. The van der Waals surface area contributed by atoms with Crippen molar-refractivity contribution in [1.82, 2.24) is 5.32 Å². The fraction of sp³-hybridized carbons (Fsp3) is 0.857. The predicted octanol–water partition coefficient (Wildman–Crippen LogP) is 12.8. The molecule has 0 aromatic heterocycles. The van der Waals surface area contributed by atoms with Crippen LogP contribution in [0.5, 0.6) is 0 Å². The standard InChI is InChI=1S/C42H80N2O2/c1-3-5-7-9-11-13-15-17-19-20-21-22-23-25-27-29-31-33-35-37-41(45)44-39-38-40(42(43)46)36-34-32-30-28-26-24-18-16-14-12-10-8-6-4-2/h17-19,24,40H,3-16,20-23,25-39H2,1-2H3,(H2,43,46)(H,44,45)/b19-17-,24-18-. The molecule has 0 saturated carbocycles. The zero-order chi connectivity index (χ0) is 33.6. The van der Waals surface area contributed by atoms with Crippen molar-refractivity contribution in [2.24, 2.45) is 11.7 Å². The molecule has 0 aliphatic carbocycles. The van der Waals surface area contributed by atoms with Gasteiger partial charge in [0.1, 0.15) is 0 Å². The maximum atomic E-state index is 12.2. The first kappa shape index (κ1) is 44.4. The first-order valence-corrected chi connectivity index (χ1v) is 20.5. The van der Waals surface area contributed by atoms with Gasteiger partial charge in [0.2, 0.25) is 11.8 Å². The predicted molar refractivity (Wildman–Crippen MR) is 203 cm³/mol. The number of allylic oxidation sites excluding steroid dienone is 4. The van der Waals surface area contributed by atoms with Crippen LogP contribution in [-0.2, 0) is 9.59 Å². The molecule has 0 bridgehead atoms. The van der Waals surface area contributed by atoms with Gasteiger partial charge in [-0.2, -0.15) is 0 Å². The average Bonchev–Trinajstić information content (AvgIpc) is 3.05. The second kappa shape index (κ2) is 37.9. The SMILES string of the molecule is CCCCCCCC/C=C\CCCCCCCCCCCC(=O)NCCC(CCCCCC/C=C\CCCCCCCC)C(N)=O. The van der Waals surface area contributed by atoms with Gasteiger partial charge in [-0.15, -0.1) is 0 Å². The summed E-state index contributed by atoms with van der Waals surface area (Å²) in [4.78, 5) is 24.1. The first-order valence-electron chi connectivity index (χ1n) is 20.5. The van der Waals surface area contributed by atoms with Crippen molar-refractivity contribution in [2.45, 2.75) is 219 Å². The lowest BCUT2D eigenvalue weighted by atomic mass is 9.96. The Balaban J connectivity index is 3.52. The molecule has 0 radical (unpaired) electrons. The van der Waals surface area contributed by atoms with E-state index in [1.165, 1.54) is 161 Å². The van der Waals surface area contributed by atoms with E-state index in [9.17, 15) is 9.59 Å². The number of unbranched alkanes of at least 4 members (excludes halogenated alkanes) is 25. The molecule has 0 saturated heterocycles. The highest BCUT2D eigenvalue weighted by Crippen LogP contribution is 2.16. The van der Waals surface area contributed by atoms with Gasteiger partial charge in [0, 0.05) is 18.9 Å². The van der Waals surface area contributed by atoms with Crippen LogP contribution < -0.4 is 11.1 Å². The zero-order valence-corrected chi connectivity index (χ0v) is 31.1. The second-order valence-corrected chi connectivity index (χ2v) is 14.0. The van der Waals surface area contributed by atoms with Crippen molar-refractivity contribution in [2.75, 3.05) is 6.54 Å². The minimum atomic E-state index is -0.220. The number of rotatable bonds is 37. The third kappa shape index (κ3) is 35.3. The summed E-state index contributed by atoms with van der Waals surface area (Å²) in [6.07, 6.45) is 49.0. The van der Waals surface area contributed by atoms with E-state index in [4.69, 9.17) is 5.73 Å². The van der Waals surface area contributed by atoms with Gasteiger partial charge in [-0.25, -0.2) is 0 Å². The Hall–Kier alpha value is -1.58. The van der Waals surface area contributed by atoms with Crippen LogP contribution >= 0.6 is 0 Å². The number of primary amides is 1. The number of carbonyl (C=O) groups excluding carboxylic acids is 2. The fourth-order valence-electron chi connectivity index (χ4n) is 6.25. The van der Waals surface area contributed by atoms with Crippen LogP contribution in [-0.4, -0.2) is 18.4 Å². The molecule has 0 rings (SSSR count). The summed E-state index contributed by atoms with van der Waals surface area (Å²) >= 11 is 0. The number of nitrogens with two attached hydrogens (primary N) is 1. The summed E-state index contributed by atoms with van der Waals surface area (Å²) in [5.41, 5.74) is 5.66. The molecule has 3 N–H and O–H groups in total. The van der Waals surface area contributed by atoms with Gasteiger partial charge in [0.05, 0.1) is 0 Å². The van der Waals surface area contributed by atoms with Gasteiger partial charge in [-0.3, -0.25) is 9.59 Å². The number of hydrogen-bond acceptors (Lipinski definition) is 2. The molecule has 1 atom stereocenters. The van der Waals surface area contributed by atoms with Gasteiger partial charge in [0.15, 0.2) is 0 Å². The van der Waals surface area contributed by atoms with Gasteiger partial charge in [0.25, 0.3) is 0 Å². The summed E-state index contributed by atoms with van der Waals surface area (Å²) in [6.45, 7) is 5.11. The highest BCUT2D eigenvalue weighted by atomic mass is 16.2. The van der Waals surface area contributed by atoms with E-state index < -0.39 is 0 Å². The molecule has 0 aromatic rings. The molecular formula is C42H80N2O2. The maximum Gasteiger partial charge on any atom is 0.220 e. The Labute approximate surface area is 288 Å². The van der Waals surface area contributed by atoms with Crippen molar-refractivity contribution in [1.29, 1.82) is 0 Å². The molecule has 2 amide bonds. The third-order valence-electron chi connectivity index (χ3n) is 9.45. The Kier molecular flexibility index (Phi) is 36.6. The lowest BCUT2D eigenvalue weighted by molar-refractivity contribution is -0.123. The van der Waals surface area contributed by atoms with Crippen molar-refractivity contribution in [3.63, 3.8) is 0 Å². The molecular weight excluding hydrogens is 564 g/mol. The first-order chi connectivity index (χ1) is 22.6. The lowest BCUT2D eigenvalue weighted by Crippen LogP contribution is -2.30. The molecule has 46 heavy (non-hydrogen) atoms. The van der Waals surface area contributed by atoms with Crippen LogP contribution in [0.4, 0.5) is 0 Å². The van der Waals surface area contributed by atoms with Gasteiger partial charge in [-0.05, 0) is 70.6 Å². The molecule has 0 aliphatic rings. The van der Waals surface area contributed by atoms with E-state index in [-0.39, 0.29) is 17.7 Å². The molecule has 1 unspecified atom stereocenters. The molecule has 0 fully saturated rings. The van der Waals surface area contributed by atoms with Crippen molar-refractivity contribution < 1.29 is 9.59 Å². The fourth-order valence-corrected chi connectivity index (χ4v) is 6.25. The van der Waals surface area contributed by atoms with Crippen molar-refractivity contribution >= 4 is 11.8 Å². The zero-order valence-electron chi connectivity index (χ0n) is 31.1. The molecule has 0 spiro atoms. The molecule has 4 nitrogen and oxygen atoms in total. The smallest absolute Gasteiger partial charge is 0.220 e. The van der Waals surface area contributed by atoms with Gasteiger partial charge in [-0.1, -0.05) is 167 Å². The highest BCUT2D eigenvalue weighted by molar-refractivity contribution is 5.77. The van der Waals surface area contributed by atoms with E-state index in [1.54, 1.807) is 0 Å². The minimum absolute atomic E-state index is 0.119. The molecule has 0 heterocycles. The second-order valence-electron chi connectivity index (χ2n) is 14.0. The van der Waals surface area contributed by atoms with Crippen molar-refractivity contribution in [3.05, 3.63) is 24.3 Å². The number of carbonyl (C=O) groups is 2. The summed E-state index contributed by atoms with van der Waals surface area (Å²) < 4.78 is 0. The van der Waals surface area contributed by atoms with E-state index >= 15 is 0 Å². The van der Waals surface area contributed by atoms with Crippen molar-refractivity contribution in [3.8, 4) is 0 Å². The van der Waals surface area contributed by atoms with Crippen LogP contribution in [0, 0.1) is 5.92 Å². The third-order valence-corrected chi connectivity index (χ3v) is 9.45. The molecule has 270 valence electrons. The molecule has 0 aromatic carbocycles. The van der Waals surface area contributed by atoms with E-state index in [0.717, 1.165) is 32.1 Å². The van der Waals surface area contributed by atoms with Crippen LogP contribution in [0.2, 0.25) is 0 Å². The highest BCUT2D eigenvalue weighted by Gasteiger charge is 2.15. The van der Waals surface area contributed by atoms with Crippen LogP contribution in [0.15, 0.2) is 24.3 Å². The lowest BCUT2D eigenvalue weighted by Gasteiger charge is -2.14. The maximum absolute atomic E-state index is 12.2. The van der Waals surface area contributed by atoms with Gasteiger partial charge < -0.3 is 11.1 Å². The summed E-state index contributed by atoms with van der Waals surface area (Å²) in [5.74, 6) is -0.222. The van der Waals surface area contributed by atoms with E-state index in [1.807, 2.05) is 0 Å². The Bertz CT molecular complexity index is 702. The Morgan fingerprint density at radius 1 is 0.478 bits per heavy atom. The largest absolute Gasteiger partial charge is 0.369 e. The minimum Gasteiger partial charge on any atom is -0.369 e. The quantitative estimate of drug-likeness (QED) is 0.0521. The van der Waals surface area contributed by atoms with Crippen LogP contribution in [0.3, 0.4) is 0 Å². The van der Waals surface area contributed by atoms with Crippen LogP contribution in [0.1, 0.15) is 219 Å². The molecule has 0 aliphatic heterocycles. The number of amides is 2.